The lowest BCUT2D eigenvalue weighted by atomic mass is 10.0. The van der Waals surface area contributed by atoms with Crippen LogP contribution in [0.25, 0.3) is 0 Å². The molecule has 1 aromatic heterocycles. The molecular weight excluding hydrogens is 311 g/mol. The number of halogens is 1. The van der Waals surface area contributed by atoms with Crippen LogP contribution in [0, 0.1) is 5.82 Å². The summed E-state index contributed by atoms with van der Waals surface area (Å²) in [7, 11) is -3.74. The van der Waals surface area contributed by atoms with E-state index in [-0.39, 0.29) is 24.5 Å². The Morgan fingerprint density at radius 3 is 2.68 bits per heavy atom. The van der Waals surface area contributed by atoms with Gasteiger partial charge in [-0.15, -0.1) is 5.10 Å². The van der Waals surface area contributed by atoms with Crippen LogP contribution in [0.1, 0.15) is 6.42 Å². The van der Waals surface area contributed by atoms with Crippen molar-refractivity contribution in [2.24, 2.45) is 0 Å². The second kappa shape index (κ2) is 5.41. The second-order valence-corrected chi connectivity index (χ2v) is 7.31. The van der Waals surface area contributed by atoms with Crippen molar-refractivity contribution in [1.29, 1.82) is 0 Å². The number of aliphatic hydroxyl groups is 1. The number of rotatable bonds is 4. The molecule has 118 valence electrons. The maximum Gasteiger partial charge on any atom is 0.243 e. The summed E-state index contributed by atoms with van der Waals surface area (Å²) in [5.41, 5.74) is -1.19. The minimum Gasteiger partial charge on any atom is -0.387 e. The van der Waals surface area contributed by atoms with Crippen molar-refractivity contribution in [3.05, 3.63) is 42.5 Å². The van der Waals surface area contributed by atoms with Crippen molar-refractivity contribution >= 4 is 10.0 Å². The number of hydrogen-bond acceptors (Lipinski definition) is 5. The molecule has 0 saturated carbocycles. The quantitative estimate of drug-likeness (QED) is 0.870. The van der Waals surface area contributed by atoms with Crippen LogP contribution >= 0.6 is 0 Å². The molecule has 1 unspecified atom stereocenters. The number of nitrogens with zero attached hydrogens (tertiary/aromatic N) is 4. The smallest absolute Gasteiger partial charge is 0.243 e. The molecular formula is C13H15FN4O3S. The number of hydrogen-bond donors (Lipinski definition) is 1. The zero-order valence-corrected chi connectivity index (χ0v) is 12.4. The van der Waals surface area contributed by atoms with E-state index in [0.717, 1.165) is 12.1 Å². The first-order valence-electron chi connectivity index (χ1n) is 6.71. The fourth-order valence-corrected chi connectivity index (χ4v) is 4.05. The third-order valence-electron chi connectivity index (χ3n) is 3.68. The summed E-state index contributed by atoms with van der Waals surface area (Å²) < 4.78 is 40.6. The van der Waals surface area contributed by atoms with Gasteiger partial charge in [0.15, 0.2) is 0 Å². The van der Waals surface area contributed by atoms with E-state index < -0.39 is 21.4 Å². The molecule has 0 spiro atoms. The predicted octanol–water partition coefficient (Wildman–Crippen LogP) is 0.243. The molecule has 0 bridgehead atoms. The third-order valence-corrected chi connectivity index (χ3v) is 5.54. The highest BCUT2D eigenvalue weighted by molar-refractivity contribution is 7.89. The molecule has 1 aliphatic rings. The fourth-order valence-electron chi connectivity index (χ4n) is 2.53. The third kappa shape index (κ3) is 2.87. The molecule has 1 fully saturated rings. The standard InChI is InChI=1S/C13H15FN4O3S/c14-11-1-3-12(4-2-11)22(20,21)18-7-5-13(19,10-18)9-17-8-6-15-16-17/h1-4,6,8,19H,5,7,9-10H2. The number of β-amino-alcohol motifs (C(OH)–C–C–N with tert-alkyl or cyclic N) is 1. The van der Waals surface area contributed by atoms with E-state index in [4.69, 9.17) is 0 Å². The molecule has 0 radical (unpaired) electrons. The molecule has 1 N–H and O–H groups in total. The van der Waals surface area contributed by atoms with Crippen molar-refractivity contribution in [3.63, 3.8) is 0 Å². The largest absolute Gasteiger partial charge is 0.387 e. The first-order valence-corrected chi connectivity index (χ1v) is 8.15. The SMILES string of the molecule is O=S(=O)(c1ccc(F)cc1)N1CCC(O)(Cn2ccnn2)C1. The van der Waals surface area contributed by atoms with E-state index in [9.17, 15) is 17.9 Å². The van der Waals surface area contributed by atoms with Crippen molar-refractivity contribution in [2.45, 2.75) is 23.5 Å². The summed E-state index contributed by atoms with van der Waals surface area (Å²) in [6.45, 7) is 0.333. The van der Waals surface area contributed by atoms with E-state index in [1.807, 2.05) is 0 Å². The Hall–Kier alpha value is -1.84. The number of aromatic nitrogens is 3. The van der Waals surface area contributed by atoms with Gasteiger partial charge in [-0.25, -0.2) is 17.5 Å². The minimum absolute atomic E-state index is 0.0129. The zero-order chi connectivity index (χ0) is 15.8. The molecule has 1 aliphatic heterocycles. The summed E-state index contributed by atoms with van der Waals surface area (Å²) in [4.78, 5) is 0.0129. The van der Waals surface area contributed by atoms with Crippen LogP contribution in [-0.2, 0) is 16.6 Å². The Bertz CT molecular complexity index is 748. The van der Waals surface area contributed by atoms with Gasteiger partial charge in [0.05, 0.1) is 23.2 Å². The van der Waals surface area contributed by atoms with Crippen LogP contribution in [0.2, 0.25) is 0 Å². The van der Waals surface area contributed by atoms with Gasteiger partial charge in [0.2, 0.25) is 10.0 Å². The minimum atomic E-state index is -3.74. The molecule has 1 aromatic carbocycles. The first-order chi connectivity index (χ1) is 10.4. The molecule has 9 heteroatoms. The summed E-state index contributed by atoms with van der Waals surface area (Å²) in [6.07, 6.45) is 3.40. The first kappa shape index (κ1) is 15.1. The molecule has 3 rings (SSSR count). The van der Waals surface area contributed by atoms with Crippen LogP contribution < -0.4 is 0 Å². The van der Waals surface area contributed by atoms with Gasteiger partial charge < -0.3 is 5.11 Å². The average Bonchev–Trinajstić information content (AvgIpc) is 3.10. The van der Waals surface area contributed by atoms with Gasteiger partial charge >= 0.3 is 0 Å². The monoisotopic (exact) mass is 326 g/mol. The Morgan fingerprint density at radius 1 is 1.32 bits per heavy atom. The van der Waals surface area contributed by atoms with Gasteiger partial charge in [-0.1, -0.05) is 5.21 Å². The van der Waals surface area contributed by atoms with Crippen LogP contribution in [0.15, 0.2) is 41.6 Å². The lowest BCUT2D eigenvalue weighted by Crippen LogP contribution is -2.39. The second-order valence-electron chi connectivity index (χ2n) is 5.37. The van der Waals surface area contributed by atoms with Gasteiger partial charge in [0, 0.05) is 19.3 Å². The molecule has 22 heavy (non-hydrogen) atoms. The van der Waals surface area contributed by atoms with Gasteiger partial charge in [0.25, 0.3) is 0 Å². The maximum atomic E-state index is 12.9. The normalized spacial score (nSPS) is 23.0. The Morgan fingerprint density at radius 2 is 2.05 bits per heavy atom. The van der Waals surface area contributed by atoms with Crippen molar-refractivity contribution in [2.75, 3.05) is 13.1 Å². The zero-order valence-electron chi connectivity index (χ0n) is 11.6. The molecule has 2 heterocycles. The molecule has 1 saturated heterocycles. The average molecular weight is 326 g/mol. The fraction of sp³-hybridized carbons (Fsp3) is 0.385. The van der Waals surface area contributed by atoms with Crippen molar-refractivity contribution < 1.29 is 17.9 Å². The van der Waals surface area contributed by atoms with Crippen molar-refractivity contribution in [3.8, 4) is 0 Å². The Balaban J connectivity index is 1.78. The van der Waals surface area contributed by atoms with Crippen molar-refractivity contribution in [1.82, 2.24) is 19.3 Å². The number of sulfonamides is 1. The lowest BCUT2D eigenvalue weighted by molar-refractivity contribution is 0.0341. The summed E-state index contributed by atoms with van der Waals surface area (Å²) in [6, 6.07) is 4.65. The topological polar surface area (TPSA) is 88.3 Å². The van der Waals surface area contributed by atoms with E-state index >= 15 is 0 Å². The molecule has 0 aliphatic carbocycles. The highest BCUT2D eigenvalue weighted by Gasteiger charge is 2.42. The van der Waals surface area contributed by atoms with Gasteiger partial charge in [-0.2, -0.15) is 4.31 Å². The van der Waals surface area contributed by atoms with Crippen LogP contribution in [0.5, 0.6) is 0 Å². The number of benzene rings is 1. The lowest BCUT2D eigenvalue weighted by Gasteiger charge is -2.23. The van der Waals surface area contributed by atoms with E-state index in [0.29, 0.717) is 6.42 Å². The molecule has 0 amide bonds. The van der Waals surface area contributed by atoms with Crippen LogP contribution in [0.4, 0.5) is 4.39 Å². The Labute approximate surface area is 127 Å². The van der Waals surface area contributed by atoms with Gasteiger partial charge in [-0.3, -0.25) is 0 Å². The molecule has 1 atom stereocenters. The van der Waals surface area contributed by atoms with Gasteiger partial charge in [-0.05, 0) is 30.7 Å². The summed E-state index contributed by atoms with van der Waals surface area (Å²) in [5.74, 6) is -0.497. The highest BCUT2D eigenvalue weighted by Crippen LogP contribution is 2.28. The maximum absolute atomic E-state index is 12.9. The van der Waals surface area contributed by atoms with E-state index in [2.05, 4.69) is 10.3 Å². The summed E-state index contributed by atoms with van der Waals surface area (Å²) >= 11 is 0. The van der Waals surface area contributed by atoms with Crippen LogP contribution in [0.3, 0.4) is 0 Å². The predicted molar refractivity (Wildman–Crippen MR) is 74.7 cm³/mol. The molecule has 7 nitrogen and oxygen atoms in total. The summed E-state index contributed by atoms with van der Waals surface area (Å²) in [5, 5.41) is 18.0. The molecule has 2 aromatic rings. The highest BCUT2D eigenvalue weighted by atomic mass is 32.2. The Kier molecular flexibility index (Phi) is 3.71. The van der Waals surface area contributed by atoms with Gasteiger partial charge in [0.1, 0.15) is 5.82 Å². The van der Waals surface area contributed by atoms with E-state index in [1.165, 1.54) is 27.3 Å². The van der Waals surface area contributed by atoms with Crippen LogP contribution in [-0.4, -0.2) is 51.5 Å². The van der Waals surface area contributed by atoms with E-state index in [1.54, 1.807) is 6.20 Å².